The van der Waals surface area contributed by atoms with Crippen molar-refractivity contribution < 1.29 is 4.74 Å². The normalized spacial score (nSPS) is 11.1. The Kier molecular flexibility index (Phi) is 11.8. The van der Waals surface area contributed by atoms with E-state index in [0.29, 0.717) is 5.88 Å². The van der Waals surface area contributed by atoms with Crippen LogP contribution in [-0.4, -0.2) is 48.1 Å². The zero-order valence-electron chi connectivity index (χ0n) is 8.27. The molecule has 0 saturated heterocycles. The van der Waals surface area contributed by atoms with Crippen LogP contribution >= 0.6 is 34.2 Å². The molecule has 0 aliphatic rings. The molecule has 0 aromatic rings. The second-order valence-electron chi connectivity index (χ2n) is 2.77. The molecule has 0 radical (unpaired) electrons. The molecule has 80 valence electrons. The van der Waals surface area contributed by atoms with E-state index in [2.05, 4.69) is 27.5 Å². The van der Waals surface area contributed by atoms with E-state index in [-0.39, 0.29) is 0 Å². The summed E-state index contributed by atoms with van der Waals surface area (Å²) in [6.07, 6.45) is 1.24. The first-order chi connectivity index (χ1) is 6.35. The van der Waals surface area contributed by atoms with Crippen molar-refractivity contribution >= 4 is 34.2 Å². The fourth-order valence-electron chi connectivity index (χ4n) is 1.08. The highest BCUT2D eigenvalue weighted by atomic mass is 127. The number of halogens is 2. The summed E-state index contributed by atoms with van der Waals surface area (Å²) in [4.78, 5) is 2.36. The summed E-state index contributed by atoms with van der Waals surface area (Å²) in [6, 6.07) is 0. The van der Waals surface area contributed by atoms with Gasteiger partial charge in [-0.25, -0.2) is 0 Å². The molecule has 0 unspecified atom stereocenters. The van der Waals surface area contributed by atoms with Crippen LogP contribution in [0.2, 0.25) is 0 Å². The van der Waals surface area contributed by atoms with E-state index in [1.807, 2.05) is 6.92 Å². The zero-order valence-corrected chi connectivity index (χ0v) is 11.2. The maximum absolute atomic E-state index is 5.70. The molecule has 0 saturated carbocycles. The van der Waals surface area contributed by atoms with Crippen LogP contribution in [0.1, 0.15) is 13.3 Å². The average Bonchev–Trinajstić information content (AvgIpc) is 2.14. The second kappa shape index (κ2) is 11.0. The predicted octanol–water partition coefficient (Wildman–Crippen LogP) is 2.39. The van der Waals surface area contributed by atoms with Crippen molar-refractivity contribution in [2.24, 2.45) is 0 Å². The van der Waals surface area contributed by atoms with Gasteiger partial charge in [0.1, 0.15) is 0 Å². The molecule has 2 nitrogen and oxygen atoms in total. The van der Waals surface area contributed by atoms with Gasteiger partial charge in [0.2, 0.25) is 0 Å². The van der Waals surface area contributed by atoms with Crippen LogP contribution in [0.25, 0.3) is 0 Å². The second-order valence-corrected chi connectivity index (χ2v) is 4.23. The summed E-state index contributed by atoms with van der Waals surface area (Å²) < 4.78 is 6.52. The Hall–Kier alpha value is 0.940. The highest BCUT2D eigenvalue weighted by Gasteiger charge is 2.02. The standard InChI is InChI=1S/C9H19ClINO/c1-2-13-9-8-12(7-4-10)6-3-5-11/h2-9H2,1H3. The van der Waals surface area contributed by atoms with Crippen molar-refractivity contribution in [1.29, 1.82) is 0 Å². The number of hydrogen-bond donors (Lipinski definition) is 0. The molecule has 0 spiro atoms. The average molecular weight is 320 g/mol. The lowest BCUT2D eigenvalue weighted by Gasteiger charge is -2.20. The van der Waals surface area contributed by atoms with E-state index in [9.17, 15) is 0 Å². The Morgan fingerprint density at radius 3 is 2.62 bits per heavy atom. The Morgan fingerprint density at radius 1 is 1.31 bits per heavy atom. The van der Waals surface area contributed by atoms with Gasteiger partial charge in [-0.2, -0.15) is 0 Å². The molecule has 0 rings (SSSR count). The number of alkyl halides is 2. The molecule has 0 aromatic carbocycles. The molecular weight excluding hydrogens is 300 g/mol. The van der Waals surface area contributed by atoms with Crippen LogP contribution in [0.4, 0.5) is 0 Å². The van der Waals surface area contributed by atoms with Gasteiger partial charge in [0.15, 0.2) is 0 Å². The van der Waals surface area contributed by atoms with Gasteiger partial charge in [0, 0.05) is 30.0 Å². The maximum Gasteiger partial charge on any atom is 0.0593 e. The van der Waals surface area contributed by atoms with Gasteiger partial charge in [-0.15, -0.1) is 11.6 Å². The topological polar surface area (TPSA) is 12.5 Å². The van der Waals surface area contributed by atoms with Gasteiger partial charge >= 0.3 is 0 Å². The molecule has 13 heavy (non-hydrogen) atoms. The SMILES string of the molecule is CCOCCN(CCCl)CCCI. The predicted molar refractivity (Wildman–Crippen MR) is 67.2 cm³/mol. The third-order valence-electron chi connectivity index (χ3n) is 1.76. The van der Waals surface area contributed by atoms with Crippen LogP contribution < -0.4 is 0 Å². The molecule has 0 N–H and O–H groups in total. The lowest BCUT2D eigenvalue weighted by Crippen LogP contribution is -2.30. The molecule has 0 bridgehead atoms. The minimum Gasteiger partial charge on any atom is -0.380 e. The number of hydrogen-bond acceptors (Lipinski definition) is 2. The largest absolute Gasteiger partial charge is 0.380 e. The van der Waals surface area contributed by atoms with Gasteiger partial charge in [0.25, 0.3) is 0 Å². The molecule has 0 aliphatic heterocycles. The summed E-state index contributed by atoms with van der Waals surface area (Å²) >= 11 is 8.11. The fourth-order valence-corrected chi connectivity index (χ4v) is 1.66. The minimum absolute atomic E-state index is 0.716. The lowest BCUT2D eigenvalue weighted by molar-refractivity contribution is 0.116. The monoisotopic (exact) mass is 319 g/mol. The van der Waals surface area contributed by atoms with E-state index < -0.39 is 0 Å². The first-order valence-corrected chi connectivity index (χ1v) is 6.83. The van der Waals surface area contributed by atoms with Crippen LogP contribution in [-0.2, 0) is 4.74 Å². The van der Waals surface area contributed by atoms with Crippen molar-refractivity contribution in [3.8, 4) is 0 Å². The van der Waals surface area contributed by atoms with Crippen molar-refractivity contribution in [2.45, 2.75) is 13.3 Å². The highest BCUT2D eigenvalue weighted by Crippen LogP contribution is 1.96. The molecule has 0 atom stereocenters. The van der Waals surface area contributed by atoms with Crippen LogP contribution in [0.3, 0.4) is 0 Å². The Bertz CT molecular complexity index is 106. The van der Waals surface area contributed by atoms with Crippen LogP contribution in [0.15, 0.2) is 0 Å². The Balaban J connectivity index is 3.41. The summed E-state index contributed by atoms with van der Waals surface area (Å²) in [7, 11) is 0. The number of rotatable bonds is 9. The van der Waals surface area contributed by atoms with E-state index in [1.165, 1.54) is 10.8 Å². The molecule has 4 heteroatoms. The Labute approximate surface area is 100 Å². The van der Waals surface area contributed by atoms with Crippen LogP contribution in [0, 0.1) is 0 Å². The van der Waals surface area contributed by atoms with Crippen molar-refractivity contribution in [1.82, 2.24) is 4.90 Å². The van der Waals surface area contributed by atoms with Gasteiger partial charge in [-0.05, 0) is 19.9 Å². The van der Waals surface area contributed by atoms with Gasteiger partial charge in [-0.1, -0.05) is 22.6 Å². The molecule has 0 amide bonds. The smallest absolute Gasteiger partial charge is 0.0593 e. The highest BCUT2D eigenvalue weighted by molar-refractivity contribution is 14.1. The molecule has 0 aliphatic carbocycles. The van der Waals surface area contributed by atoms with Gasteiger partial charge < -0.3 is 4.74 Å². The fraction of sp³-hybridized carbons (Fsp3) is 1.00. The van der Waals surface area contributed by atoms with E-state index >= 15 is 0 Å². The lowest BCUT2D eigenvalue weighted by atomic mass is 10.4. The van der Waals surface area contributed by atoms with E-state index in [1.54, 1.807) is 0 Å². The summed E-state index contributed by atoms with van der Waals surface area (Å²) in [5, 5.41) is 0. The molecule has 0 heterocycles. The Morgan fingerprint density at radius 2 is 2.08 bits per heavy atom. The summed E-state index contributed by atoms with van der Waals surface area (Å²) in [5.41, 5.74) is 0. The van der Waals surface area contributed by atoms with Crippen LogP contribution in [0.5, 0.6) is 0 Å². The van der Waals surface area contributed by atoms with Gasteiger partial charge in [-0.3, -0.25) is 4.90 Å². The number of nitrogens with zero attached hydrogens (tertiary/aromatic N) is 1. The minimum atomic E-state index is 0.716. The van der Waals surface area contributed by atoms with Crippen molar-refractivity contribution in [3.63, 3.8) is 0 Å². The third kappa shape index (κ3) is 9.25. The van der Waals surface area contributed by atoms with Gasteiger partial charge in [0.05, 0.1) is 6.61 Å². The van der Waals surface area contributed by atoms with Crippen molar-refractivity contribution in [2.75, 3.05) is 43.2 Å². The maximum atomic E-state index is 5.70. The van der Waals surface area contributed by atoms with E-state index in [0.717, 1.165) is 32.8 Å². The van der Waals surface area contributed by atoms with Crippen molar-refractivity contribution in [3.05, 3.63) is 0 Å². The van der Waals surface area contributed by atoms with E-state index in [4.69, 9.17) is 16.3 Å². The third-order valence-corrected chi connectivity index (χ3v) is 2.70. The first-order valence-electron chi connectivity index (χ1n) is 4.77. The summed E-state index contributed by atoms with van der Waals surface area (Å²) in [5.74, 6) is 0.716. The quantitative estimate of drug-likeness (QED) is 0.367. The molecule has 0 fully saturated rings. The first kappa shape index (κ1) is 13.9. The molecule has 0 aromatic heterocycles. The zero-order chi connectivity index (χ0) is 9.94. The molecular formula is C9H19ClINO. The summed E-state index contributed by atoms with van der Waals surface area (Å²) in [6.45, 7) is 6.79. The number of ether oxygens (including phenoxy) is 1.